The van der Waals surface area contributed by atoms with Gasteiger partial charge in [0.15, 0.2) is 0 Å². The first-order valence-corrected chi connectivity index (χ1v) is 6.93. The predicted molar refractivity (Wildman–Crippen MR) is 76.4 cm³/mol. The molecule has 0 spiro atoms. The molecule has 0 radical (unpaired) electrons. The molecule has 0 aliphatic carbocycles. The van der Waals surface area contributed by atoms with Gasteiger partial charge in [-0.15, -0.1) is 0 Å². The average molecular weight is 233 g/mol. The van der Waals surface area contributed by atoms with Crippen LogP contribution in [0.3, 0.4) is 0 Å². The lowest BCUT2D eigenvalue weighted by Gasteiger charge is -2.14. The summed E-state index contributed by atoms with van der Waals surface area (Å²) in [6, 6.07) is 9.67. The molecule has 1 rings (SSSR count). The molecule has 1 N–H and O–H groups in total. The lowest BCUT2D eigenvalue weighted by molar-refractivity contribution is 0.454. The third-order valence-corrected chi connectivity index (χ3v) is 3.23. The van der Waals surface area contributed by atoms with Gasteiger partial charge in [-0.1, -0.05) is 52.0 Å². The van der Waals surface area contributed by atoms with Gasteiger partial charge in [0, 0.05) is 6.04 Å². The molecule has 1 nitrogen and oxygen atoms in total. The summed E-state index contributed by atoms with van der Waals surface area (Å²) in [6.45, 7) is 10.1. The van der Waals surface area contributed by atoms with Crippen molar-refractivity contribution in [1.29, 1.82) is 0 Å². The second-order valence-electron chi connectivity index (χ2n) is 5.38. The minimum atomic E-state index is 0.598. The van der Waals surface area contributed by atoms with E-state index in [1.54, 1.807) is 0 Å². The molecule has 0 aromatic heterocycles. The monoisotopic (exact) mass is 233 g/mol. The second-order valence-corrected chi connectivity index (χ2v) is 5.38. The molecule has 1 atom stereocenters. The summed E-state index contributed by atoms with van der Waals surface area (Å²) >= 11 is 0. The first kappa shape index (κ1) is 14.2. The van der Waals surface area contributed by atoms with Crippen LogP contribution in [0, 0.1) is 5.92 Å². The number of nitrogens with one attached hydrogen (secondary N) is 1. The first-order valence-electron chi connectivity index (χ1n) is 6.93. The Balaban J connectivity index is 2.29. The van der Waals surface area contributed by atoms with Crippen LogP contribution in [0.25, 0.3) is 0 Å². The second kappa shape index (κ2) is 7.50. The van der Waals surface area contributed by atoms with Gasteiger partial charge in [0.25, 0.3) is 0 Å². The lowest BCUT2D eigenvalue weighted by atomic mass is 9.99. The maximum Gasteiger partial charge on any atom is 0.00104 e. The van der Waals surface area contributed by atoms with Crippen molar-refractivity contribution in [2.24, 2.45) is 5.92 Å². The molecule has 96 valence electrons. The molecule has 0 amide bonds. The van der Waals surface area contributed by atoms with Crippen LogP contribution in [0.5, 0.6) is 0 Å². The molecule has 0 fully saturated rings. The van der Waals surface area contributed by atoms with Crippen LogP contribution in [0.1, 0.15) is 45.2 Å². The van der Waals surface area contributed by atoms with Crippen LogP contribution < -0.4 is 5.32 Å². The highest BCUT2D eigenvalue weighted by molar-refractivity contribution is 5.22. The number of aryl methyl sites for hydroxylation is 2. The smallest absolute Gasteiger partial charge is 0.00104 e. The zero-order valence-electron chi connectivity index (χ0n) is 11.8. The molecule has 0 heterocycles. The Morgan fingerprint density at radius 1 is 1.00 bits per heavy atom. The van der Waals surface area contributed by atoms with E-state index in [9.17, 15) is 0 Å². The van der Waals surface area contributed by atoms with Gasteiger partial charge in [0.1, 0.15) is 0 Å². The van der Waals surface area contributed by atoms with Crippen molar-refractivity contribution in [3.05, 3.63) is 35.4 Å². The number of hydrogen-bond donors (Lipinski definition) is 1. The van der Waals surface area contributed by atoms with Crippen molar-refractivity contribution in [1.82, 2.24) is 5.32 Å². The van der Waals surface area contributed by atoms with Crippen molar-refractivity contribution >= 4 is 0 Å². The SMILES string of the molecule is CCc1ccc(CCC(C)CNC(C)C)cc1. The summed E-state index contributed by atoms with van der Waals surface area (Å²) in [5.41, 5.74) is 2.90. The van der Waals surface area contributed by atoms with Crippen LogP contribution >= 0.6 is 0 Å². The average Bonchev–Trinajstić information content (AvgIpc) is 2.34. The summed E-state index contributed by atoms with van der Waals surface area (Å²) < 4.78 is 0. The Morgan fingerprint density at radius 2 is 1.59 bits per heavy atom. The van der Waals surface area contributed by atoms with Gasteiger partial charge in [-0.2, -0.15) is 0 Å². The zero-order valence-corrected chi connectivity index (χ0v) is 11.8. The summed E-state index contributed by atoms with van der Waals surface area (Å²) in [5.74, 6) is 0.753. The summed E-state index contributed by atoms with van der Waals surface area (Å²) in [5, 5.41) is 3.50. The molecule has 17 heavy (non-hydrogen) atoms. The molecular weight excluding hydrogens is 206 g/mol. The Morgan fingerprint density at radius 3 is 2.12 bits per heavy atom. The third kappa shape index (κ3) is 5.88. The molecule has 1 unspecified atom stereocenters. The minimum Gasteiger partial charge on any atom is -0.314 e. The van der Waals surface area contributed by atoms with Crippen molar-refractivity contribution in [3.63, 3.8) is 0 Å². The van der Waals surface area contributed by atoms with E-state index < -0.39 is 0 Å². The Labute approximate surface area is 107 Å². The molecule has 0 saturated carbocycles. The Hall–Kier alpha value is -0.820. The predicted octanol–water partition coefficient (Wildman–Crippen LogP) is 3.82. The number of benzene rings is 1. The van der Waals surface area contributed by atoms with Crippen molar-refractivity contribution in [2.45, 2.75) is 53.0 Å². The van der Waals surface area contributed by atoms with Crippen molar-refractivity contribution < 1.29 is 0 Å². The van der Waals surface area contributed by atoms with Crippen LogP contribution in [-0.4, -0.2) is 12.6 Å². The van der Waals surface area contributed by atoms with Gasteiger partial charge >= 0.3 is 0 Å². The van der Waals surface area contributed by atoms with Crippen LogP contribution in [0.15, 0.2) is 24.3 Å². The van der Waals surface area contributed by atoms with Gasteiger partial charge < -0.3 is 5.32 Å². The fourth-order valence-corrected chi connectivity index (χ4v) is 1.89. The molecular formula is C16H27N. The Kier molecular flexibility index (Phi) is 6.28. The largest absolute Gasteiger partial charge is 0.314 e. The number of rotatable bonds is 7. The highest BCUT2D eigenvalue weighted by Crippen LogP contribution is 2.11. The van der Waals surface area contributed by atoms with Crippen molar-refractivity contribution in [3.8, 4) is 0 Å². The quantitative estimate of drug-likeness (QED) is 0.755. The van der Waals surface area contributed by atoms with E-state index in [2.05, 4.69) is 57.3 Å². The molecule has 1 aromatic rings. The summed E-state index contributed by atoms with van der Waals surface area (Å²) in [4.78, 5) is 0. The van der Waals surface area contributed by atoms with E-state index in [0.717, 1.165) is 18.9 Å². The Bertz CT molecular complexity index is 300. The standard InChI is InChI=1S/C16H27N/c1-5-15-8-10-16(11-9-15)7-6-14(4)12-17-13(2)3/h8-11,13-14,17H,5-7,12H2,1-4H3. The van der Waals surface area contributed by atoms with Gasteiger partial charge in [-0.3, -0.25) is 0 Å². The highest BCUT2D eigenvalue weighted by Gasteiger charge is 2.03. The van der Waals surface area contributed by atoms with Gasteiger partial charge in [-0.25, -0.2) is 0 Å². The first-order chi connectivity index (χ1) is 8.11. The molecule has 0 bridgehead atoms. The molecule has 1 aromatic carbocycles. The topological polar surface area (TPSA) is 12.0 Å². The maximum atomic E-state index is 3.50. The van der Waals surface area contributed by atoms with E-state index in [1.165, 1.54) is 24.0 Å². The van der Waals surface area contributed by atoms with Crippen LogP contribution in [-0.2, 0) is 12.8 Å². The zero-order chi connectivity index (χ0) is 12.7. The lowest BCUT2D eigenvalue weighted by Crippen LogP contribution is -2.28. The van der Waals surface area contributed by atoms with E-state index in [-0.39, 0.29) is 0 Å². The number of hydrogen-bond acceptors (Lipinski definition) is 1. The normalized spacial score (nSPS) is 13.0. The fraction of sp³-hybridized carbons (Fsp3) is 0.625. The highest BCUT2D eigenvalue weighted by atomic mass is 14.9. The molecule has 0 saturated heterocycles. The van der Waals surface area contributed by atoms with Gasteiger partial charge in [0.2, 0.25) is 0 Å². The van der Waals surface area contributed by atoms with E-state index in [0.29, 0.717) is 6.04 Å². The van der Waals surface area contributed by atoms with Crippen molar-refractivity contribution in [2.75, 3.05) is 6.54 Å². The molecule has 0 aliphatic heterocycles. The fourth-order valence-electron chi connectivity index (χ4n) is 1.89. The maximum absolute atomic E-state index is 3.50. The molecule has 0 aliphatic rings. The van der Waals surface area contributed by atoms with E-state index >= 15 is 0 Å². The van der Waals surface area contributed by atoms with Crippen LogP contribution in [0.2, 0.25) is 0 Å². The van der Waals surface area contributed by atoms with Gasteiger partial charge in [0.05, 0.1) is 0 Å². The summed E-state index contributed by atoms with van der Waals surface area (Å²) in [7, 11) is 0. The van der Waals surface area contributed by atoms with Crippen LogP contribution in [0.4, 0.5) is 0 Å². The third-order valence-electron chi connectivity index (χ3n) is 3.23. The molecule has 1 heteroatoms. The summed E-state index contributed by atoms with van der Waals surface area (Å²) in [6.07, 6.45) is 3.60. The minimum absolute atomic E-state index is 0.598. The van der Waals surface area contributed by atoms with E-state index in [4.69, 9.17) is 0 Å². The van der Waals surface area contributed by atoms with E-state index in [1.807, 2.05) is 0 Å². The van der Waals surface area contributed by atoms with Gasteiger partial charge in [-0.05, 0) is 42.9 Å².